The fourth-order valence-corrected chi connectivity index (χ4v) is 2.34. The van der Waals surface area contributed by atoms with Gasteiger partial charge in [0.1, 0.15) is 5.69 Å². The van der Waals surface area contributed by atoms with Crippen LogP contribution < -0.4 is 11.1 Å². The summed E-state index contributed by atoms with van der Waals surface area (Å²) >= 11 is 5.97. The molecule has 4 aromatic rings. The number of benzene rings is 1. The molecule has 0 saturated heterocycles. The first kappa shape index (κ1) is 15.9. The van der Waals surface area contributed by atoms with E-state index in [2.05, 4.69) is 35.4 Å². The molecule has 0 saturated carbocycles. The predicted molar refractivity (Wildman–Crippen MR) is 95.5 cm³/mol. The van der Waals surface area contributed by atoms with Gasteiger partial charge in [-0.3, -0.25) is 4.98 Å². The van der Waals surface area contributed by atoms with Gasteiger partial charge in [0.25, 0.3) is 5.89 Å². The van der Waals surface area contributed by atoms with Crippen molar-refractivity contribution in [1.82, 2.24) is 30.1 Å². The monoisotopic (exact) mass is 366 g/mol. The van der Waals surface area contributed by atoms with E-state index < -0.39 is 0 Å². The molecule has 0 aliphatic carbocycles. The van der Waals surface area contributed by atoms with Gasteiger partial charge in [-0.1, -0.05) is 28.9 Å². The van der Waals surface area contributed by atoms with Gasteiger partial charge >= 0.3 is 0 Å². The third-order valence-corrected chi connectivity index (χ3v) is 3.48. The summed E-state index contributed by atoms with van der Waals surface area (Å²) in [5.74, 6) is 0.855. The number of anilines is 3. The molecule has 3 N–H and O–H groups in total. The Balaban J connectivity index is 1.65. The van der Waals surface area contributed by atoms with Crippen LogP contribution in [0.5, 0.6) is 0 Å². The number of pyridine rings is 1. The molecule has 1 aromatic carbocycles. The van der Waals surface area contributed by atoms with Crippen LogP contribution >= 0.6 is 11.6 Å². The summed E-state index contributed by atoms with van der Waals surface area (Å²) in [5.41, 5.74) is 7.02. The summed E-state index contributed by atoms with van der Waals surface area (Å²) in [7, 11) is 0. The Hall–Kier alpha value is -3.59. The Labute approximate surface area is 152 Å². The number of nitrogens with two attached hydrogens (primary N) is 1. The lowest BCUT2D eigenvalue weighted by atomic mass is 10.3. The first-order valence-electron chi connectivity index (χ1n) is 7.47. The molecule has 3 heterocycles. The molecule has 0 spiro atoms. The molecule has 0 unspecified atom stereocenters. The van der Waals surface area contributed by atoms with E-state index in [9.17, 15) is 0 Å². The molecule has 0 aliphatic heterocycles. The lowest BCUT2D eigenvalue weighted by Crippen LogP contribution is -2.05. The van der Waals surface area contributed by atoms with Gasteiger partial charge in [0.15, 0.2) is 0 Å². The summed E-state index contributed by atoms with van der Waals surface area (Å²) in [4.78, 5) is 20.8. The molecule has 10 heteroatoms. The third-order valence-electron chi connectivity index (χ3n) is 3.24. The normalized spacial score (nSPS) is 10.7. The van der Waals surface area contributed by atoms with Crippen LogP contribution in [0.2, 0.25) is 5.02 Å². The molecular weight excluding hydrogens is 356 g/mol. The van der Waals surface area contributed by atoms with Crippen LogP contribution in [0.4, 0.5) is 17.6 Å². The van der Waals surface area contributed by atoms with E-state index in [0.717, 1.165) is 0 Å². The second-order valence-corrected chi connectivity index (χ2v) is 5.55. The fourth-order valence-electron chi connectivity index (χ4n) is 2.15. The van der Waals surface area contributed by atoms with Crippen LogP contribution in [-0.2, 0) is 0 Å². The number of aromatic nitrogens is 6. The zero-order chi connectivity index (χ0) is 17.9. The maximum absolute atomic E-state index is 5.97. The summed E-state index contributed by atoms with van der Waals surface area (Å²) in [5, 5.41) is 7.47. The highest BCUT2D eigenvalue weighted by molar-refractivity contribution is 6.30. The third kappa shape index (κ3) is 3.42. The first-order chi connectivity index (χ1) is 12.7. The highest BCUT2D eigenvalue weighted by atomic mass is 35.5. The van der Waals surface area contributed by atoms with Crippen molar-refractivity contribution in [3.63, 3.8) is 0 Å². The van der Waals surface area contributed by atoms with E-state index in [-0.39, 0.29) is 29.4 Å². The Bertz CT molecular complexity index is 1050. The number of halogens is 1. The van der Waals surface area contributed by atoms with E-state index in [1.165, 1.54) is 0 Å². The van der Waals surface area contributed by atoms with E-state index in [1.54, 1.807) is 36.5 Å². The van der Waals surface area contributed by atoms with Gasteiger partial charge < -0.3 is 15.6 Å². The molecule has 0 radical (unpaired) electrons. The Morgan fingerprint density at radius 3 is 2.69 bits per heavy atom. The molecule has 3 aromatic heterocycles. The topological polar surface area (TPSA) is 129 Å². The van der Waals surface area contributed by atoms with Crippen molar-refractivity contribution in [2.75, 3.05) is 11.1 Å². The second-order valence-electron chi connectivity index (χ2n) is 5.11. The van der Waals surface area contributed by atoms with E-state index in [1.807, 2.05) is 12.1 Å². The Kier molecular flexibility index (Phi) is 4.12. The molecule has 128 valence electrons. The minimum absolute atomic E-state index is 0.0173. The van der Waals surface area contributed by atoms with E-state index >= 15 is 0 Å². The maximum Gasteiger partial charge on any atom is 0.276 e. The van der Waals surface area contributed by atoms with Gasteiger partial charge in [-0.05, 0) is 30.3 Å². The van der Waals surface area contributed by atoms with Crippen molar-refractivity contribution in [2.45, 2.75) is 0 Å². The van der Waals surface area contributed by atoms with Crippen molar-refractivity contribution < 1.29 is 4.52 Å². The smallest absolute Gasteiger partial charge is 0.276 e. The highest BCUT2D eigenvalue weighted by Gasteiger charge is 2.15. The summed E-state index contributed by atoms with van der Waals surface area (Å²) < 4.78 is 5.22. The Morgan fingerprint density at radius 1 is 0.962 bits per heavy atom. The second kappa shape index (κ2) is 6.73. The average Bonchev–Trinajstić information content (AvgIpc) is 3.12. The van der Waals surface area contributed by atoms with Crippen molar-refractivity contribution >= 4 is 29.2 Å². The fraction of sp³-hybridized carbons (Fsp3) is 0. The quantitative estimate of drug-likeness (QED) is 0.559. The molecule has 0 aliphatic rings. The number of nitrogens with zero attached hydrogens (tertiary/aromatic N) is 6. The first-order valence-corrected chi connectivity index (χ1v) is 7.85. The number of hydrogen-bond acceptors (Lipinski definition) is 9. The summed E-state index contributed by atoms with van der Waals surface area (Å²) in [6.07, 6.45) is 1.63. The molecule has 0 amide bonds. The number of hydrogen-bond donors (Lipinski definition) is 2. The van der Waals surface area contributed by atoms with Crippen molar-refractivity contribution in [3.05, 3.63) is 53.7 Å². The standard InChI is InChI=1S/C16H11ClN8O/c17-9-4-3-5-10(8-9)20-16-23-12(22-15(18)24-16)13-21-14(26-25-13)11-6-1-2-7-19-11/h1-8H,(H3,18,20,22,23,24). The molecular formula is C16H11ClN8O. The van der Waals surface area contributed by atoms with Gasteiger partial charge in [-0.15, -0.1) is 0 Å². The zero-order valence-corrected chi connectivity index (χ0v) is 13.9. The van der Waals surface area contributed by atoms with Gasteiger partial charge in [0, 0.05) is 16.9 Å². The minimum Gasteiger partial charge on any atom is -0.368 e. The lowest BCUT2D eigenvalue weighted by Gasteiger charge is -2.06. The molecule has 0 fully saturated rings. The van der Waals surface area contributed by atoms with Crippen LogP contribution in [0, 0.1) is 0 Å². The minimum atomic E-state index is 0.0173. The lowest BCUT2D eigenvalue weighted by molar-refractivity contribution is 0.430. The molecule has 0 bridgehead atoms. The van der Waals surface area contributed by atoms with Crippen molar-refractivity contribution in [2.24, 2.45) is 0 Å². The highest BCUT2D eigenvalue weighted by Crippen LogP contribution is 2.21. The molecule has 0 atom stereocenters. The van der Waals surface area contributed by atoms with Gasteiger partial charge in [-0.2, -0.15) is 19.9 Å². The van der Waals surface area contributed by atoms with E-state index in [0.29, 0.717) is 16.4 Å². The zero-order valence-electron chi connectivity index (χ0n) is 13.2. The molecule has 26 heavy (non-hydrogen) atoms. The van der Waals surface area contributed by atoms with Gasteiger partial charge in [0.05, 0.1) is 0 Å². The number of nitrogens with one attached hydrogen (secondary N) is 1. The number of nitrogen functional groups attached to an aromatic ring is 1. The predicted octanol–water partition coefficient (Wildman–Crippen LogP) is 2.96. The average molecular weight is 367 g/mol. The largest absolute Gasteiger partial charge is 0.368 e. The van der Waals surface area contributed by atoms with Gasteiger partial charge in [-0.25, -0.2) is 0 Å². The van der Waals surface area contributed by atoms with Crippen LogP contribution in [0.3, 0.4) is 0 Å². The van der Waals surface area contributed by atoms with Crippen molar-refractivity contribution in [3.8, 4) is 23.2 Å². The SMILES string of the molecule is Nc1nc(Nc2cccc(Cl)c2)nc(-c2noc(-c3ccccn3)n2)n1. The van der Waals surface area contributed by atoms with Crippen LogP contribution in [0.15, 0.2) is 53.2 Å². The summed E-state index contributed by atoms with van der Waals surface area (Å²) in [6, 6.07) is 12.5. The van der Waals surface area contributed by atoms with Crippen molar-refractivity contribution in [1.29, 1.82) is 0 Å². The number of rotatable bonds is 4. The maximum atomic E-state index is 5.97. The molecule has 4 rings (SSSR count). The van der Waals surface area contributed by atoms with Gasteiger partial charge in [0.2, 0.25) is 23.5 Å². The van der Waals surface area contributed by atoms with Crippen LogP contribution in [0.25, 0.3) is 23.2 Å². The van der Waals surface area contributed by atoms with Crippen LogP contribution in [-0.4, -0.2) is 30.1 Å². The Morgan fingerprint density at radius 2 is 1.88 bits per heavy atom. The van der Waals surface area contributed by atoms with Crippen LogP contribution in [0.1, 0.15) is 0 Å². The van der Waals surface area contributed by atoms with E-state index in [4.69, 9.17) is 21.9 Å². The summed E-state index contributed by atoms with van der Waals surface area (Å²) in [6.45, 7) is 0. The molecule has 9 nitrogen and oxygen atoms in total.